The highest BCUT2D eigenvalue weighted by molar-refractivity contribution is 7.80. The molecule has 0 amide bonds. The van der Waals surface area contributed by atoms with Gasteiger partial charge >= 0.3 is 0 Å². The van der Waals surface area contributed by atoms with Crippen molar-refractivity contribution >= 4 is 23.0 Å². The summed E-state index contributed by atoms with van der Waals surface area (Å²) in [5, 5.41) is 3.22. The van der Waals surface area contributed by atoms with Crippen molar-refractivity contribution in [1.82, 2.24) is 4.98 Å². The molecule has 5 heteroatoms. The van der Waals surface area contributed by atoms with Crippen molar-refractivity contribution in [2.75, 3.05) is 18.5 Å². The molecule has 1 aromatic rings. The van der Waals surface area contributed by atoms with Crippen LogP contribution in [0.1, 0.15) is 19.4 Å². The van der Waals surface area contributed by atoms with Gasteiger partial charge in [-0.25, -0.2) is 4.98 Å². The summed E-state index contributed by atoms with van der Waals surface area (Å²) >= 11 is 4.85. The molecule has 88 valence electrons. The molecule has 1 unspecified atom stereocenters. The molecule has 1 atom stereocenters. The maximum absolute atomic E-state index is 5.48. The van der Waals surface area contributed by atoms with E-state index in [4.69, 9.17) is 22.7 Å². The molecule has 0 aromatic carbocycles. The van der Waals surface area contributed by atoms with Gasteiger partial charge in [0.2, 0.25) is 0 Å². The lowest BCUT2D eigenvalue weighted by Crippen LogP contribution is -2.22. The van der Waals surface area contributed by atoms with Gasteiger partial charge in [0.15, 0.2) is 0 Å². The summed E-state index contributed by atoms with van der Waals surface area (Å²) in [7, 11) is 0. The molecule has 0 aliphatic heterocycles. The Morgan fingerprint density at radius 3 is 2.88 bits per heavy atom. The number of thiocarbonyl (C=S) groups is 1. The SMILES string of the molecule is CCOCC(C)Nc1ccc(C(N)=S)cn1. The van der Waals surface area contributed by atoms with E-state index >= 15 is 0 Å². The maximum atomic E-state index is 5.48. The first kappa shape index (κ1) is 12.9. The van der Waals surface area contributed by atoms with Crippen LogP contribution in [-0.4, -0.2) is 29.2 Å². The molecule has 1 heterocycles. The van der Waals surface area contributed by atoms with Crippen molar-refractivity contribution in [2.24, 2.45) is 5.73 Å². The van der Waals surface area contributed by atoms with Crippen LogP contribution < -0.4 is 11.1 Å². The average molecular weight is 239 g/mol. The third-order valence-corrected chi connectivity index (χ3v) is 2.25. The Morgan fingerprint density at radius 1 is 1.62 bits per heavy atom. The Hall–Kier alpha value is -1.20. The molecule has 0 aliphatic rings. The normalized spacial score (nSPS) is 12.1. The summed E-state index contributed by atoms with van der Waals surface area (Å²) in [6.45, 7) is 5.40. The van der Waals surface area contributed by atoms with Crippen molar-refractivity contribution in [1.29, 1.82) is 0 Å². The van der Waals surface area contributed by atoms with Gasteiger partial charge in [0.1, 0.15) is 10.8 Å². The Labute approximate surface area is 101 Å². The molecule has 4 nitrogen and oxygen atoms in total. The van der Waals surface area contributed by atoms with Crippen LogP contribution >= 0.6 is 12.2 Å². The third-order valence-electron chi connectivity index (χ3n) is 2.01. The zero-order chi connectivity index (χ0) is 12.0. The molecule has 0 fully saturated rings. The minimum atomic E-state index is 0.225. The highest BCUT2D eigenvalue weighted by Crippen LogP contribution is 2.06. The first-order valence-corrected chi connectivity index (χ1v) is 5.64. The van der Waals surface area contributed by atoms with E-state index in [9.17, 15) is 0 Å². The minimum Gasteiger partial charge on any atom is -0.389 e. The molecule has 0 aliphatic carbocycles. The Morgan fingerprint density at radius 2 is 2.38 bits per heavy atom. The fourth-order valence-electron chi connectivity index (χ4n) is 1.21. The maximum Gasteiger partial charge on any atom is 0.126 e. The van der Waals surface area contributed by atoms with Crippen LogP contribution in [-0.2, 0) is 4.74 Å². The lowest BCUT2D eigenvalue weighted by Gasteiger charge is -2.14. The van der Waals surface area contributed by atoms with Gasteiger partial charge in [-0.05, 0) is 26.0 Å². The lowest BCUT2D eigenvalue weighted by atomic mass is 10.3. The van der Waals surface area contributed by atoms with E-state index in [2.05, 4.69) is 10.3 Å². The molecule has 0 radical (unpaired) electrons. The van der Waals surface area contributed by atoms with Crippen LogP contribution in [0.25, 0.3) is 0 Å². The van der Waals surface area contributed by atoms with E-state index in [1.54, 1.807) is 6.20 Å². The first-order chi connectivity index (χ1) is 7.63. The van der Waals surface area contributed by atoms with Gasteiger partial charge in [-0.1, -0.05) is 12.2 Å². The van der Waals surface area contributed by atoms with Gasteiger partial charge in [0, 0.05) is 24.4 Å². The fraction of sp³-hybridized carbons (Fsp3) is 0.455. The second kappa shape index (κ2) is 6.40. The van der Waals surface area contributed by atoms with E-state index in [0.717, 1.165) is 18.0 Å². The monoisotopic (exact) mass is 239 g/mol. The van der Waals surface area contributed by atoms with Gasteiger partial charge in [-0.3, -0.25) is 0 Å². The second-order valence-corrected chi connectivity index (χ2v) is 3.94. The standard InChI is InChI=1S/C11H17N3OS/c1-3-15-7-8(2)14-10-5-4-9(6-13-10)11(12)16/h4-6,8H,3,7H2,1-2H3,(H2,12,16)(H,13,14). The van der Waals surface area contributed by atoms with Crippen molar-refractivity contribution in [2.45, 2.75) is 19.9 Å². The van der Waals surface area contributed by atoms with Crippen molar-refractivity contribution in [3.05, 3.63) is 23.9 Å². The predicted octanol–water partition coefficient (Wildman–Crippen LogP) is 1.55. The van der Waals surface area contributed by atoms with E-state index in [0.29, 0.717) is 11.6 Å². The van der Waals surface area contributed by atoms with Crippen LogP contribution in [0.5, 0.6) is 0 Å². The molecule has 0 bridgehead atoms. The quantitative estimate of drug-likeness (QED) is 0.738. The van der Waals surface area contributed by atoms with Crippen LogP contribution in [0.15, 0.2) is 18.3 Å². The first-order valence-electron chi connectivity index (χ1n) is 5.23. The minimum absolute atomic E-state index is 0.225. The second-order valence-electron chi connectivity index (χ2n) is 3.50. The summed E-state index contributed by atoms with van der Waals surface area (Å²) in [5.74, 6) is 0.798. The highest BCUT2D eigenvalue weighted by atomic mass is 32.1. The molecule has 3 N–H and O–H groups in total. The number of aromatic nitrogens is 1. The number of pyridine rings is 1. The summed E-state index contributed by atoms with van der Waals surface area (Å²) in [4.78, 5) is 4.58. The zero-order valence-corrected chi connectivity index (χ0v) is 10.4. The molecular weight excluding hydrogens is 222 g/mol. The van der Waals surface area contributed by atoms with Gasteiger partial charge in [-0.15, -0.1) is 0 Å². The average Bonchev–Trinajstić information content (AvgIpc) is 2.27. The number of nitrogens with two attached hydrogens (primary N) is 1. The Bertz CT molecular complexity index is 340. The van der Waals surface area contributed by atoms with Crippen LogP contribution in [0.2, 0.25) is 0 Å². The van der Waals surface area contributed by atoms with Gasteiger partial charge in [0.25, 0.3) is 0 Å². The number of nitrogens with one attached hydrogen (secondary N) is 1. The molecule has 1 rings (SSSR count). The predicted molar refractivity (Wildman–Crippen MR) is 69.7 cm³/mol. The van der Waals surface area contributed by atoms with Crippen LogP contribution in [0, 0.1) is 0 Å². The summed E-state index contributed by atoms with van der Waals surface area (Å²) in [6, 6.07) is 3.94. The summed E-state index contributed by atoms with van der Waals surface area (Å²) in [6.07, 6.45) is 1.66. The molecule has 0 saturated carbocycles. The third kappa shape index (κ3) is 4.12. The smallest absolute Gasteiger partial charge is 0.126 e. The van der Waals surface area contributed by atoms with Crippen LogP contribution in [0.4, 0.5) is 5.82 Å². The number of hydrogen-bond donors (Lipinski definition) is 2. The Balaban J connectivity index is 2.51. The fourth-order valence-corrected chi connectivity index (χ4v) is 1.33. The molecule has 1 aromatic heterocycles. The van der Waals surface area contributed by atoms with Crippen LogP contribution in [0.3, 0.4) is 0 Å². The van der Waals surface area contributed by atoms with Gasteiger partial charge < -0.3 is 15.8 Å². The van der Waals surface area contributed by atoms with Crippen molar-refractivity contribution in [3.63, 3.8) is 0 Å². The van der Waals surface area contributed by atoms with Gasteiger partial charge in [0.05, 0.1) is 6.61 Å². The Kier molecular flexibility index (Phi) is 5.14. The molecule has 0 spiro atoms. The number of rotatable bonds is 6. The van der Waals surface area contributed by atoms with Crippen molar-refractivity contribution in [3.8, 4) is 0 Å². The highest BCUT2D eigenvalue weighted by Gasteiger charge is 2.03. The number of ether oxygens (including phenoxy) is 1. The molecule has 16 heavy (non-hydrogen) atoms. The van der Waals surface area contributed by atoms with Gasteiger partial charge in [-0.2, -0.15) is 0 Å². The number of hydrogen-bond acceptors (Lipinski definition) is 4. The topological polar surface area (TPSA) is 60.2 Å². The van der Waals surface area contributed by atoms with E-state index in [1.165, 1.54) is 0 Å². The van der Waals surface area contributed by atoms with E-state index < -0.39 is 0 Å². The largest absolute Gasteiger partial charge is 0.389 e. The lowest BCUT2D eigenvalue weighted by molar-refractivity contribution is 0.141. The van der Waals surface area contributed by atoms with Crippen molar-refractivity contribution < 1.29 is 4.74 Å². The molecular formula is C11H17N3OS. The van der Waals surface area contributed by atoms with E-state index in [1.807, 2.05) is 26.0 Å². The number of anilines is 1. The summed E-state index contributed by atoms with van der Waals surface area (Å²) < 4.78 is 5.30. The summed E-state index contributed by atoms with van der Waals surface area (Å²) in [5.41, 5.74) is 6.26. The zero-order valence-electron chi connectivity index (χ0n) is 9.56. The molecule has 0 saturated heterocycles. The number of nitrogens with zero attached hydrogens (tertiary/aromatic N) is 1. The van der Waals surface area contributed by atoms with E-state index in [-0.39, 0.29) is 6.04 Å².